The smallest absolute Gasteiger partial charge is 0.251 e. The number of aryl methyl sites for hydroxylation is 1. The Morgan fingerprint density at radius 2 is 1.96 bits per heavy atom. The van der Waals surface area contributed by atoms with Gasteiger partial charge in [-0.15, -0.1) is 0 Å². The number of carbonyl (C=O) groups is 1. The molecule has 0 aliphatic carbocycles. The summed E-state index contributed by atoms with van der Waals surface area (Å²) >= 11 is 0. The minimum absolute atomic E-state index is 0.0426. The molecule has 0 spiro atoms. The van der Waals surface area contributed by atoms with E-state index in [4.69, 9.17) is 0 Å². The Morgan fingerprint density at radius 1 is 1.15 bits per heavy atom. The van der Waals surface area contributed by atoms with Crippen molar-refractivity contribution < 1.29 is 4.79 Å². The van der Waals surface area contributed by atoms with Gasteiger partial charge in [0.15, 0.2) is 0 Å². The van der Waals surface area contributed by atoms with Crippen LogP contribution in [0.15, 0.2) is 61.2 Å². The van der Waals surface area contributed by atoms with Gasteiger partial charge < -0.3 is 14.8 Å². The summed E-state index contributed by atoms with van der Waals surface area (Å²) in [7, 11) is 2.13. The van der Waals surface area contributed by atoms with E-state index >= 15 is 0 Å². The van der Waals surface area contributed by atoms with Gasteiger partial charge in [-0.05, 0) is 47.7 Å². The Hall–Kier alpha value is -3.08. The summed E-state index contributed by atoms with van der Waals surface area (Å²) in [6.07, 6.45) is 7.78. The number of imidazole rings is 1. The number of nitrogens with one attached hydrogen (secondary N) is 1. The van der Waals surface area contributed by atoms with E-state index in [1.165, 1.54) is 17.7 Å². The largest absolute Gasteiger partial charge is 0.374 e. The van der Waals surface area contributed by atoms with Gasteiger partial charge >= 0.3 is 0 Å². The van der Waals surface area contributed by atoms with Crippen LogP contribution in [0.2, 0.25) is 0 Å². The summed E-state index contributed by atoms with van der Waals surface area (Å²) in [5.41, 5.74) is 5.66. The zero-order chi connectivity index (χ0) is 18.6. The molecule has 1 N–H and O–H groups in total. The molecule has 0 bridgehead atoms. The summed E-state index contributed by atoms with van der Waals surface area (Å²) < 4.78 is 2.00. The van der Waals surface area contributed by atoms with Crippen LogP contribution in [0.4, 0.5) is 5.69 Å². The Kier molecular flexibility index (Phi) is 4.92. The second-order valence-electron chi connectivity index (χ2n) is 7.10. The highest BCUT2D eigenvalue weighted by Gasteiger charge is 2.14. The first-order chi connectivity index (χ1) is 13.2. The van der Waals surface area contributed by atoms with Crippen molar-refractivity contribution in [1.82, 2.24) is 14.9 Å². The number of nitrogens with zero attached hydrogens (tertiary/aromatic N) is 3. The lowest BCUT2D eigenvalue weighted by atomic mass is 9.99. The number of fused-ring (bicyclic) bond motifs is 1. The fraction of sp³-hybridized carbons (Fsp3) is 0.273. The third-order valence-electron chi connectivity index (χ3n) is 5.09. The van der Waals surface area contributed by atoms with Gasteiger partial charge in [-0.3, -0.25) is 4.79 Å². The van der Waals surface area contributed by atoms with Gasteiger partial charge in [-0.25, -0.2) is 4.98 Å². The van der Waals surface area contributed by atoms with Gasteiger partial charge in [0.2, 0.25) is 0 Å². The molecule has 4 rings (SSSR count). The Morgan fingerprint density at radius 3 is 2.74 bits per heavy atom. The number of hydrogen-bond acceptors (Lipinski definition) is 3. The molecule has 1 aromatic heterocycles. The van der Waals surface area contributed by atoms with E-state index in [2.05, 4.69) is 40.4 Å². The van der Waals surface area contributed by atoms with E-state index in [1.54, 1.807) is 12.5 Å². The molecule has 1 amide bonds. The molecule has 0 saturated carbocycles. The van der Waals surface area contributed by atoms with Gasteiger partial charge in [-0.2, -0.15) is 0 Å². The van der Waals surface area contributed by atoms with Crippen LogP contribution >= 0.6 is 0 Å². The maximum atomic E-state index is 12.5. The maximum Gasteiger partial charge on any atom is 0.251 e. The van der Waals surface area contributed by atoms with Gasteiger partial charge in [0.05, 0.1) is 6.33 Å². The van der Waals surface area contributed by atoms with Crippen LogP contribution in [-0.4, -0.2) is 29.1 Å². The van der Waals surface area contributed by atoms with Crippen molar-refractivity contribution in [2.75, 3.05) is 18.5 Å². The molecule has 2 aromatic carbocycles. The SMILES string of the molecule is CN1CCCc2cc(CNC(=O)c3ccc(Cn4ccnc4)cc3)ccc21. The summed E-state index contributed by atoms with van der Waals surface area (Å²) in [5, 5.41) is 3.03. The standard InChI is InChI=1S/C22H24N4O/c1-25-11-2-3-20-13-18(6-9-21(20)25)14-24-22(27)19-7-4-17(5-8-19)15-26-12-10-23-16-26/h4-10,12-13,16H,2-3,11,14-15H2,1H3,(H,24,27). The summed E-state index contributed by atoms with van der Waals surface area (Å²) in [4.78, 5) is 18.8. The number of rotatable bonds is 5. The molecule has 5 heteroatoms. The molecule has 1 aliphatic heterocycles. The van der Waals surface area contributed by atoms with Crippen LogP contribution in [0.5, 0.6) is 0 Å². The fourth-order valence-corrected chi connectivity index (χ4v) is 3.59. The third kappa shape index (κ3) is 4.03. The summed E-state index contributed by atoms with van der Waals surface area (Å²) in [6.45, 7) is 2.41. The second-order valence-corrected chi connectivity index (χ2v) is 7.10. The van der Waals surface area contributed by atoms with E-state index in [-0.39, 0.29) is 5.91 Å². The van der Waals surface area contributed by atoms with Crippen LogP contribution in [0.3, 0.4) is 0 Å². The zero-order valence-corrected chi connectivity index (χ0v) is 15.6. The van der Waals surface area contributed by atoms with E-state index in [0.717, 1.165) is 30.6 Å². The van der Waals surface area contributed by atoms with Crippen LogP contribution in [0.1, 0.15) is 33.5 Å². The molecular formula is C22H24N4O. The van der Waals surface area contributed by atoms with Crippen molar-refractivity contribution in [3.05, 3.63) is 83.4 Å². The molecule has 3 aromatic rings. The average Bonchev–Trinajstić information content (AvgIpc) is 3.20. The Labute approximate surface area is 159 Å². The van der Waals surface area contributed by atoms with Gasteiger partial charge in [-0.1, -0.05) is 24.3 Å². The number of anilines is 1. The molecule has 1 aliphatic rings. The maximum absolute atomic E-state index is 12.5. The van der Waals surface area contributed by atoms with Gasteiger partial charge in [0.1, 0.15) is 0 Å². The molecule has 2 heterocycles. The van der Waals surface area contributed by atoms with Crippen LogP contribution < -0.4 is 10.2 Å². The first kappa shape index (κ1) is 17.3. The summed E-state index contributed by atoms with van der Waals surface area (Å²) in [6, 6.07) is 14.2. The monoisotopic (exact) mass is 360 g/mol. The molecule has 0 radical (unpaired) electrons. The molecule has 0 fully saturated rings. The van der Waals surface area contributed by atoms with Crippen molar-refractivity contribution in [1.29, 1.82) is 0 Å². The number of benzene rings is 2. The topological polar surface area (TPSA) is 50.2 Å². The zero-order valence-electron chi connectivity index (χ0n) is 15.6. The van der Waals surface area contributed by atoms with E-state index in [9.17, 15) is 4.79 Å². The molecule has 0 unspecified atom stereocenters. The number of aromatic nitrogens is 2. The lowest BCUT2D eigenvalue weighted by Crippen LogP contribution is -2.25. The lowest BCUT2D eigenvalue weighted by molar-refractivity contribution is 0.0951. The van der Waals surface area contributed by atoms with E-state index in [0.29, 0.717) is 12.1 Å². The van der Waals surface area contributed by atoms with E-state index in [1.807, 2.05) is 35.0 Å². The first-order valence-electron chi connectivity index (χ1n) is 9.35. The Bertz CT molecular complexity index is 916. The van der Waals surface area contributed by atoms with Crippen molar-refractivity contribution in [2.24, 2.45) is 0 Å². The normalized spacial score (nSPS) is 13.3. The number of hydrogen-bond donors (Lipinski definition) is 1. The molecule has 27 heavy (non-hydrogen) atoms. The molecular weight excluding hydrogens is 336 g/mol. The van der Waals surface area contributed by atoms with Gasteiger partial charge in [0, 0.05) is 50.3 Å². The molecule has 0 saturated heterocycles. The predicted molar refractivity (Wildman–Crippen MR) is 107 cm³/mol. The van der Waals surface area contributed by atoms with Gasteiger partial charge in [0.25, 0.3) is 5.91 Å². The minimum atomic E-state index is -0.0426. The quantitative estimate of drug-likeness (QED) is 0.760. The summed E-state index contributed by atoms with van der Waals surface area (Å²) in [5.74, 6) is -0.0426. The predicted octanol–water partition coefficient (Wildman–Crippen LogP) is 3.24. The molecule has 5 nitrogen and oxygen atoms in total. The third-order valence-corrected chi connectivity index (χ3v) is 5.09. The Balaban J connectivity index is 1.36. The molecule has 138 valence electrons. The van der Waals surface area contributed by atoms with E-state index < -0.39 is 0 Å². The van der Waals surface area contributed by atoms with Crippen LogP contribution in [0, 0.1) is 0 Å². The first-order valence-corrected chi connectivity index (χ1v) is 9.35. The minimum Gasteiger partial charge on any atom is -0.374 e. The second kappa shape index (κ2) is 7.66. The highest BCUT2D eigenvalue weighted by atomic mass is 16.1. The molecule has 0 atom stereocenters. The van der Waals surface area contributed by atoms with Crippen molar-refractivity contribution >= 4 is 11.6 Å². The fourth-order valence-electron chi connectivity index (χ4n) is 3.59. The number of amides is 1. The lowest BCUT2D eigenvalue weighted by Gasteiger charge is -2.27. The van der Waals surface area contributed by atoms with Crippen LogP contribution in [0.25, 0.3) is 0 Å². The average molecular weight is 360 g/mol. The van der Waals surface area contributed by atoms with Crippen LogP contribution in [-0.2, 0) is 19.5 Å². The van der Waals surface area contributed by atoms with Crippen molar-refractivity contribution in [3.8, 4) is 0 Å². The van der Waals surface area contributed by atoms with Crippen molar-refractivity contribution in [2.45, 2.75) is 25.9 Å². The highest BCUT2D eigenvalue weighted by Crippen LogP contribution is 2.26. The van der Waals surface area contributed by atoms with Crippen molar-refractivity contribution in [3.63, 3.8) is 0 Å². The highest BCUT2D eigenvalue weighted by molar-refractivity contribution is 5.94. The number of carbonyl (C=O) groups excluding carboxylic acids is 1.